The molecule has 5 nitrogen and oxygen atoms in total. The first-order valence-corrected chi connectivity index (χ1v) is 4.85. The molecule has 0 aliphatic heterocycles. The maximum absolute atomic E-state index is 8.93. The fourth-order valence-electron chi connectivity index (χ4n) is 0.850. The van der Waals surface area contributed by atoms with Gasteiger partial charge in [0.15, 0.2) is 0 Å². The molecule has 78 valence electrons. The molecular weight excluding hydrogens is 227 g/mol. The number of rotatable bonds is 4. The molecule has 0 unspecified atom stereocenters. The molecule has 0 bridgehead atoms. The standard InChI is InChI=1S/C7H10Cl2N4O/c1-2-4(3-14)10-7-12-5(8)11-6(9)13-7/h4,14H,2-3H2,1H3,(H,10,11,12,13)/t4-/m0/s1. The summed E-state index contributed by atoms with van der Waals surface area (Å²) >= 11 is 11.1. The second-order valence-electron chi connectivity index (χ2n) is 2.63. The minimum absolute atomic E-state index is 0.00256. The highest BCUT2D eigenvalue weighted by molar-refractivity contribution is 6.31. The Hall–Kier alpha value is -0.650. The highest BCUT2D eigenvalue weighted by Crippen LogP contribution is 2.10. The smallest absolute Gasteiger partial charge is 0.228 e. The van der Waals surface area contributed by atoms with Crippen LogP contribution in [0.15, 0.2) is 0 Å². The first kappa shape index (κ1) is 11.4. The van der Waals surface area contributed by atoms with E-state index in [1.807, 2.05) is 6.92 Å². The number of aliphatic hydroxyl groups excluding tert-OH is 1. The summed E-state index contributed by atoms with van der Waals surface area (Å²) in [4.78, 5) is 11.2. The summed E-state index contributed by atoms with van der Waals surface area (Å²) in [5, 5.41) is 11.9. The van der Waals surface area contributed by atoms with Crippen LogP contribution in [0.25, 0.3) is 0 Å². The van der Waals surface area contributed by atoms with E-state index in [1.54, 1.807) is 0 Å². The van der Waals surface area contributed by atoms with E-state index >= 15 is 0 Å². The van der Waals surface area contributed by atoms with Gasteiger partial charge < -0.3 is 10.4 Å². The van der Waals surface area contributed by atoms with Gasteiger partial charge >= 0.3 is 0 Å². The number of nitrogens with one attached hydrogen (secondary N) is 1. The van der Waals surface area contributed by atoms with Crippen LogP contribution < -0.4 is 5.32 Å². The summed E-state index contributed by atoms with van der Waals surface area (Å²) in [6, 6.07) is -0.107. The van der Waals surface area contributed by atoms with Gasteiger partial charge in [0.1, 0.15) is 0 Å². The third-order valence-corrected chi connectivity index (χ3v) is 1.97. The largest absolute Gasteiger partial charge is 0.394 e. The molecule has 0 aliphatic carbocycles. The number of anilines is 1. The molecule has 7 heteroatoms. The van der Waals surface area contributed by atoms with Crippen molar-refractivity contribution >= 4 is 29.2 Å². The van der Waals surface area contributed by atoms with E-state index < -0.39 is 0 Å². The zero-order valence-electron chi connectivity index (χ0n) is 7.54. The molecule has 1 atom stereocenters. The van der Waals surface area contributed by atoms with Crippen LogP contribution in [0.2, 0.25) is 10.6 Å². The second kappa shape index (κ2) is 5.29. The molecule has 2 N–H and O–H groups in total. The molecule has 0 amide bonds. The number of nitrogens with zero attached hydrogens (tertiary/aromatic N) is 3. The van der Waals surface area contributed by atoms with E-state index in [0.717, 1.165) is 6.42 Å². The van der Waals surface area contributed by atoms with Gasteiger partial charge in [0.05, 0.1) is 12.6 Å². The summed E-state index contributed by atoms with van der Waals surface area (Å²) in [6.45, 7) is 1.93. The average Bonchev–Trinajstić information content (AvgIpc) is 2.12. The van der Waals surface area contributed by atoms with Crippen molar-refractivity contribution in [2.45, 2.75) is 19.4 Å². The predicted molar refractivity (Wildman–Crippen MR) is 54.6 cm³/mol. The van der Waals surface area contributed by atoms with Crippen molar-refractivity contribution in [1.29, 1.82) is 0 Å². The van der Waals surface area contributed by atoms with Crippen LogP contribution in [-0.4, -0.2) is 32.7 Å². The molecule has 0 saturated heterocycles. The van der Waals surface area contributed by atoms with Crippen molar-refractivity contribution in [1.82, 2.24) is 15.0 Å². The molecule has 1 aromatic heterocycles. The summed E-state index contributed by atoms with van der Waals surface area (Å²) < 4.78 is 0. The van der Waals surface area contributed by atoms with Crippen molar-refractivity contribution in [3.8, 4) is 0 Å². The van der Waals surface area contributed by atoms with E-state index in [4.69, 9.17) is 28.3 Å². The molecular formula is C7H10Cl2N4O. The minimum atomic E-state index is -0.107. The molecule has 0 saturated carbocycles. The van der Waals surface area contributed by atoms with Gasteiger partial charge in [-0.2, -0.15) is 15.0 Å². The van der Waals surface area contributed by atoms with Crippen LogP contribution >= 0.6 is 23.2 Å². The average molecular weight is 237 g/mol. The minimum Gasteiger partial charge on any atom is -0.394 e. The molecule has 0 radical (unpaired) electrons. The molecule has 0 aliphatic rings. The Morgan fingerprint density at radius 2 is 1.86 bits per heavy atom. The molecule has 0 fully saturated rings. The van der Waals surface area contributed by atoms with E-state index in [9.17, 15) is 0 Å². The van der Waals surface area contributed by atoms with E-state index in [0.29, 0.717) is 0 Å². The Kier molecular flexibility index (Phi) is 4.31. The fraction of sp³-hybridized carbons (Fsp3) is 0.571. The fourth-order valence-corrected chi connectivity index (χ4v) is 1.21. The maximum Gasteiger partial charge on any atom is 0.228 e. The van der Waals surface area contributed by atoms with Crippen LogP contribution in [0.5, 0.6) is 0 Å². The SMILES string of the molecule is CC[C@@H](CO)Nc1nc(Cl)nc(Cl)n1. The molecule has 0 aromatic carbocycles. The molecule has 1 rings (SSSR count). The van der Waals surface area contributed by atoms with Gasteiger partial charge in [-0.3, -0.25) is 0 Å². The van der Waals surface area contributed by atoms with Gasteiger partial charge in [-0.1, -0.05) is 6.92 Å². The van der Waals surface area contributed by atoms with E-state index in [1.165, 1.54) is 0 Å². The number of hydrogen-bond donors (Lipinski definition) is 2. The number of aromatic nitrogens is 3. The van der Waals surface area contributed by atoms with E-state index in [2.05, 4.69) is 20.3 Å². The Morgan fingerprint density at radius 1 is 1.29 bits per heavy atom. The van der Waals surface area contributed by atoms with Gasteiger partial charge in [0, 0.05) is 0 Å². The first-order chi connectivity index (χ1) is 6.65. The van der Waals surface area contributed by atoms with Crippen LogP contribution in [0, 0.1) is 0 Å². The lowest BCUT2D eigenvalue weighted by atomic mass is 10.2. The lowest BCUT2D eigenvalue weighted by molar-refractivity contribution is 0.271. The Morgan fingerprint density at radius 3 is 2.29 bits per heavy atom. The van der Waals surface area contributed by atoms with Crippen LogP contribution in [0.3, 0.4) is 0 Å². The van der Waals surface area contributed by atoms with Gasteiger partial charge in [-0.25, -0.2) is 0 Å². The van der Waals surface area contributed by atoms with E-state index in [-0.39, 0.29) is 29.2 Å². The van der Waals surface area contributed by atoms with Gasteiger partial charge in [-0.05, 0) is 29.6 Å². The third kappa shape index (κ3) is 3.25. The van der Waals surface area contributed by atoms with Crippen LogP contribution in [0.1, 0.15) is 13.3 Å². The molecule has 14 heavy (non-hydrogen) atoms. The predicted octanol–water partition coefficient (Wildman–Crippen LogP) is 1.36. The second-order valence-corrected chi connectivity index (χ2v) is 3.31. The summed E-state index contributed by atoms with van der Waals surface area (Å²) in [6.07, 6.45) is 0.747. The number of hydrogen-bond acceptors (Lipinski definition) is 5. The zero-order valence-corrected chi connectivity index (χ0v) is 9.05. The monoisotopic (exact) mass is 236 g/mol. The Labute approximate surface area is 91.5 Å². The lowest BCUT2D eigenvalue weighted by Crippen LogP contribution is -2.24. The quantitative estimate of drug-likeness (QED) is 0.827. The van der Waals surface area contributed by atoms with Crippen molar-refractivity contribution in [3.05, 3.63) is 10.6 Å². The summed E-state index contributed by atoms with van der Waals surface area (Å²) in [5.41, 5.74) is 0. The van der Waals surface area contributed by atoms with Gasteiger partial charge in [0.2, 0.25) is 16.5 Å². The molecule has 0 spiro atoms. The Balaban J connectivity index is 2.75. The normalized spacial score (nSPS) is 12.6. The van der Waals surface area contributed by atoms with Gasteiger partial charge in [-0.15, -0.1) is 0 Å². The third-order valence-electron chi connectivity index (χ3n) is 1.63. The van der Waals surface area contributed by atoms with Crippen molar-refractivity contribution in [2.24, 2.45) is 0 Å². The highest BCUT2D eigenvalue weighted by Gasteiger charge is 2.08. The van der Waals surface area contributed by atoms with Gasteiger partial charge in [0.25, 0.3) is 0 Å². The topological polar surface area (TPSA) is 70.9 Å². The van der Waals surface area contributed by atoms with Crippen LogP contribution in [-0.2, 0) is 0 Å². The van der Waals surface area contributed by atoms with Crippen molar-refractivity contribution < 1.29 is 5.11 Å². The van der Waals surface area contributed by atoms with Crippen molar-refractivity contribution in [3.63, 3.8) is 0 Å². The van der Waals surface area contributed by atoms with Crippen LogP contribution in [0.4, 0.5) is 5.95 Å². The number of aliphatic hydroxyl groups is 1. The highest BCUT2D eigenvalue weighted by atomic mass is 35.5. The lowest BCUT2D eigenvalue weighted by Gasteiger charge is -2.13. The molecule has 1 aromatic rings. The molecule has 1 heterocycles. The zero-order chi connectivity index (χ0) is 10.6. The maximum atomic E-state index is 8.93. The number of halogens is 2. The summed E-state index contributed by atoms with van der Waals surface area (Å²) in [5.74, 6) is 0.274. The first-order valence-electron chi connectivity index (χ1n) is 4.10. The Bertz CT molecular complexity index is 285. The summed E-state index contributed by atoms with van der Waals surface area (Å²) in [7, 11) is 0. The van der Waals surface area contributed by atoms with Crippen molar-refractivity contribution in [2.75, 3.05) is 11.9 Å².